The minimum Gasteiger partial charge on any atom is -0.337 e. The highest BCUT2D eigenvalue weighted by Crippen LogP contribution is 2.31. The summed E-state index contributed by atoms with van der Waals surface area (Å²) < 4.78 is 29.6. The molecule has 0 aliphatic carbocycles. The summed E-state index contributed by atoms with van der Waals surface area (Å²) >= 11 is 0. The summed E-state index contributed by atoms with van der Waals surface area (Å²) in [4.78, 5) is 16.2. The molecule has 7 heteroatoms. The van der Waals surface area contributed by atoms with Crippen LogP contribution >= 0.6 is 0 Å². The number of aromatic nitrogens is 2. The molecule has 0 fully saturated rings. The number of aryl methyl sites for hydroxylation is 1. The largest absolute Gasteiger partial charge is 0.337 e. The predicted octanol–water partition coefficient (Wildman–Crippen LogP) is 3.69. The summed E-state index contributed by atoms with van der Waals surface area (Å²) in [6.45, 7) is 0.179. The number of rotatable bonds is 4. The van der Waals surface area contributed by atoms with E-state index in [2.05, 4.69) is 15.6 Å². The number of hydrogen-bond acceptors (Lipinski definition) is 2. The highest BCUT2D eigenvalue weighted by Gasteiger charge is 2.15. The smallest absolute Gasteiger partial charge is 0.319 e. The van der Waals surface area contributed by atoms with Gasteiger partial charge in [0.15, 0.2) is 0 Å². The maximum Gasteiger partial charge on any atom is 0.319 e. The lowest BCUT2D eigenvalue weighted by molar-refractivity contribution is 0.251. The molecule has 0 spiro atoms. The SMILES string of the molecule is Cn1ccnc1CNC(=O)Nc1c(F)cc(F)cc1-c1ccccc1. The minimum atomic E-state index is -0.842. The van der Waals surface area contributed by atoms with Gasteiger partial charge in [0.05, 0.1) is 12.2 Å². The van der Waals surface area contributed by atoms with Crippen LogP contribution in [0.3, 0.4) is 0 Å². The molecular weight excluding hydrogens is 326 g/mol. The fraction of sp³-hybridized carbons (Fsp3) is 0.111. The van der Waals surface area contributed by atoms with Crippen molar-refractivity contribution in [1.29, 1.82) is 0 Å². The van der Waals surface area contributed by atoms with Crippen molar-refractivity contribution >= 4 is 11.7 Å². The number of carbonyl (C=O) groups is 1. The monoisotopic (exact) mass is 342 g/mol. The minimum absolute atomic E-state index is 0.0788. The third kappa shape index (κ3) is 3.82. The van der Waals surface area contributed by atoms with Crippen molar-refractivity contribution < 1.29 is 13.6 Å². The number of nitrogens with zero attached hydrogens (tertiary/aromatic N) is 2. The molecule has 2 aromatic carbocycles. The van der Waals surface area contributed by atoms with Crippen molar-refractivity contribution in [2.24, 2.45) is 7.05 Å². The van der Waals surface area contributed by atoms with Gasteiger partial charge < -0.3 is 15.2 Å². The van der Waals surface area contributed by atoms with E-state index in [0.29, 0.717) is 11.4 Å². The number of amides is 2. The predicted molar refractivity (Wildman–Crippen MR) is 90.9 cm³/mol. The average Bonchev–Trinajstić information content (AvgIpc) is 3.01. The van der Waals surface area contributed by atoms with E-state index in [1.807, 2.05) is 0 Å². The fourth-order valence-corrected chi connectivity index (χ4v) is 2.43. The van der Waals surface area contributed by atoms with E-state index in [0.717, 1.165) is 6.07 Å². The van der Waals surface area contributed by atoms with Crippen molar-refractivity contribution in [2.75, 3.05) is 5.32 Å². The molecule has 0 aliphatic heterocycles. The summed E-state index contributed by atoms with van der Waals surface area (Å²) in [6.07, 6.45) is 3.37. The lowest BCUT2D eigenvalue weighted by Gasteiger charge is -2.13. The molecule has 0 saturated carbocycles. The molecule has 0 unspecified atom stereocenters. The molecule has 0 aliphatic rings. The van der Waals surface area contributed by atoms with Gasteiger partial charge in [0.2, 0.25) is 0 Å². The standard InChI is InChI=1S/C18H16F2N4O/c1-24-8-7-21-16(24)11-22-18(25)23-17-14(9-13(19)10-15(17)20)12-5-3-2-4-6-12/h2-10H,11H2,1H3,(H2,22,23,25). The number of carbonyl (C=O) groups excluding carboxylic acids is 1. The maximum atomic E-state index is 14.2. The van der Waals surface area contributed by atoms with Gasteiger partial charge in [-0.3, -0.25) is 0 Å². The molecule has 128 valence electrons. The number of nitrogens with one attached hydrogen (secondary N) is 2. The summed E-state index contributed by atoms with van der Waals surface area (Å²) in [7, 11) is 1.80. The van der Waals surface area contributed by atoms with Crippen LogP contribution in [0.4, 0.5) is 19.3 Å². The Morgan fingerprint density at radius 3 is 2.64 bits per heavy atom. The fourth-order valence-electron chi connectivity index (χ4n) is 2.43. The van der Waals surface area contributed by atoms with Crippen LogP contribution in [0, 0.1) is 11.6 Å². The lowest BCUT2D eigenvalue weighted by atomic mass is 10.0. The Labute approximate surface area is 143 Å². The Kier molecular flexibility index (Phi) is 4.74. The van der Waals surface area contributed by atoms with Crippen LogP contribution in [0.5, 0.6) is 0 Å². The highest BCUT2D eigenvalue weighted by molar-refractivity contribution is 5.94. The van der Waals surface area contributed by atoms with Gasteiger partial charge in [-0.2, -0.15) is 0 Å². The molecule has 3 rings (SSSR count). The molecule has 0 radical (unpaired) electrons. The zero-order valence-corrected chi connectivity index (χ0v) is 13.5. The van der Waals surface area contributed by atoms with Crippen molar-refractivity contribution in [3.8, 4) is 11.1 Å². The van der Waals surface area contributed by atoms with Crippen molar-refractivity contribution in [1.82, 2.24) is 14.9 Å². The molecular formula is C18H16F2N4O. The summed E-state index contributed by atoms with van der Waals surface area (Å²) in [5.74, 6) is -0.903. The van der Waals surface area contributed by atoms with Crippen LogP contribution < -0.4 is 10.6 Å². The topological polar surface area (TPSA) is 59.0 Å². The van der Waals surface area contributed by atoms with Crippen molar-refractivity contribution in [2.45, 2.75) is 6.54 Å². The van der Waals surface area contributed by atoms with Gasteiger partial charge in [-0.15, -0.1) is 0 Å². The normalized spacial score (nSPS) is 10.5. The third-order valence-corrected chi connectivity index (χ3v) is 3.71. The van der Waals surface area contributed by atoms with Gasteiger partial charge in [0.25, 0.3) is 0 Å². The van der Waals surface area contributed by atoms with Crippen LogP contribution in [0.15, 0.2) is 54.9 Å². The van der Waals surface area contributed by atoms with E-state index in [1.165, 1.54) is 6.07 Å². The van der Waals surface area contributed by atoms with Crippen LogP contribution in [-0.4, -0.2) is 15.6 Å². The Morgan fingerprint density at radius 1 is 1.20 bits per heavy atom. The molecule has 25 heavy (non-hydrogen) atoms. The first-order chi connectivity index (χ1) is 12.0. The van der Waals surface area contributed by atoms with Crippen LogP contribution in [0.25, 0.3) is 11.1 Å². The number of imidazole rings is 1. The van der Waals surface area contributed by atoms with Gasteiger partial charge in [-0.1, -0.05) is 30.3 Å². The Bertz CT molecular complexity index is 893. The van der Waals surface area contributed by atoms with E-state index >= 15 is 0 Å². The second-order valence-corrected chi connectivity index (χ2v) is 5.44. The zero-order valence-electron chi connectivity index (χ0n) is 13.5. The number of hydrogen-bond donors (Lipinski definition) is 2. The number of anilines is 1. The van der Waals surface area contributed by atoms with Gasteiger partial charge in [-0.05, 0) is 11.6 Å². The Hall–Kier alpha value is -3.22. The summed E-state index contributed by atoms with van der Waals surface area (Å²) in [5, 5.41) is 5.06. The Balaban J connectivity index is 1.82. The zero-order chi connectivity index (χ0) is 17.8. The summed E-state index contributed by atoms with van der Waals surface area (Å²) in [6, 6.07) is 10.0. The second-order valence-electron chi connectivity index (χ2n) is 5.44. The van der Waals surface area contributed by atoms with Crippen LogP contribution in [0.2, 0.25) is 0 Å². The molecule has 3 aromatic rings. The average molecular weight is 342 g/mol. The third-order valence-electron chi connectivity index (χ3n) is 3.71. The van der Waals surface area contributed by atoms with Gasteiger partial charge >= 0.3 is 6.03 Å². The van der Waals surface area contributed by atoms with Gasteiger partial charge in [-0.25, -0.2) is 18.6 Å². The highest BCUT2D eigenvalue weighted by atomic mass is 19.1. The molecule has 0 atom stereocenters. The van der Waals surface area contributed by atoms with E-state index in [-0.39, 0.29) is 17.8 Å². The maximum absolute atomic E-state index is 14.2. The second kappa shape index (κ2) is 7.12. The molecule has 2 N–H and O–H groups in total. The van der Waals surface area contributed by atoms with Crippen molar-refractivity contribution in [3.63, 3.8) is 0 Å². The number of urea groups is 1. The first-order valence-electron chi connectivity index (χ1n) is 7.60. The first kappa shape index (κ1) is 16.6. The number of benzene rings is 2. The molecule has 1 aromatic heterocycles. The van der Waals surface area contributed by atoms with E-state index in [4.69, 9.17) is 0 Å². The molecule has 5 nitrogen and oxygen atoms in total. The van der Waals surface area contributed by atoms with Crippen LogP contribution in [0.1, 0.15) is 5.82 Å². The number of halogens is 2. The molecule has 0 bridgehead atoms. The quantitative estimate of drug-likeness (QED) is 0.760. The van der Waals surface area contributed by atoms with Crippen molar-refractivity contribution in [3.05, 3.63) is 72.3 Å². The van der Waals surface area contributed by atoms with E-state index in [9.17, 15) is 13.6 Å². The molecule has 2 amide bonds. The van der Waals surface area contributed by atoms with Gasteiger partial charge in [0.1, 0.15) is 17.5 Å². The summed E-state index contributed by atoms with van der Waals surface area (Å²) in [5.41, 5.74) is 0.787. The van der Waals surface area contributed by atoms with Gasteiger partial charge in [0, 0.05) is 31.1 Å². The van der Waals surface area contributed by atoms with E-state index in [1.54, 1.807) is 54.3 Å². The first-order valence-corrected chi connectivity index (χ1v) is 7.60. The van der Waals surface area contributed by atoms with Crippen LogP contribution in [-0.2, 0) is 13.6 Å². The molecule has 1 heterocycles. The Morgan fingerprint density at radius 2 is 1.96 bits per heavy atom. The molecule has 0 saturated heterocycles. The lowest BCUT2D eigenvalue weighted by Crippen LogP contribution is -2.29. The van der Waals surface area contributed by atoms with E-state index < -0.39 is 17.7 Å².